The third-order valence-electron chi connectivity index (χ3n) is 6.18. The van der Waals surface area contributed by atoms with Crippen LogP contribution in [0.3, 0.4) is 0 Å². The molecule has 0 radical (unpaired) electrons. The van der Waals surface area contributed by atoms with Crippen molar-refractivity contribution >= 4 is 39.1 Å². The van der Waals surface area contributed by atoms with Gasteiger partial charge < -0.3 is 9.73 Å². The van der Waals surface area contributed by atoms with Gasteiger partial charge in [0.05, 0.1) is 22.6 Å². The second kappa shape index (κ2) is 8.72. The largest absolute Gasteiger partial charge is 0.462 e. The first-order chi connectivity index (χ1) is 16.4. The summed E-state index contributed by atoms with van der Waals surface area (Å²) in [4.78, 5) is 12.9. The van der Waals surface area contributed by atoms with Gasteiger partial charge >= 0.3 is 0 Å². The van der Waals surface area contributed by atoms with Crippen molar-refractivity contribution in [3.63, 3.8) is 0 Å². The average Bonchev–Trinajstić information content (AvgIpc) is 3.49. The molecule has 0 amide bonds. The van der Waals surface area contributed by atoms with Crippen molar-refractivity contribution in [2.24, 2.45) is 7.05 Å². The first-order valence-corrected chi connectivity index (χ1v) is 12.2. The molecule has 1 fully saturated rings. The Labute approximate surface area is 197 Å². The highest BCUT2D eigenvalue weighted by Crippen LogP contribution is 2.46. The molecule has 1 aliphatic rings. The summed E-state index contributed by atoms with van der Waals surface area (Å²) in [5.74, 6) is -0.613. The van der Waals surface area contributed by atoms with Crippen molar-refractivity contribution in [1.82, 2.24) is 4.57 Å². The third-order valence-corrected chi connectivity index (χ3v) is 7.66. The number of pyridine rings is 1. The molecule has 3 atom stereocenters. The van der Waals surface area contributed by atoms with Gasteiger partial charge in [0.1, 0.15) is 34.1 Å². The van der Waals surface area contributed by atoms with Crippen LogP contribution in [0.25, 0.3) is 11.0 Å². The van der Waals surface area contributed by atoms with Crippen LogP contribution in [0.5, 0.6) is 0 Å². The van der Waals surface area contributed by atoms with Gasteiger partial charge in [-0.1, -0.05) is 25.1 Å². The van der Waals surface area contributed by atoms with Crippen LogP contribution in [-0.2, 0) is 24.5 Å². The van der Waals surface area contributed by atoms with E-state index in [0.29, 0.717) is 23.9 Å². The fraction of sp³-hybridized carbons (Fsp3) is 0.240. The zero-order valence-electron chi connectivity index (χ0n) is 18.6. The van der Waals surface area contributed by atoms with E-state index in [1.165, 1.54) is 29.0 Å². The SMILES string of the molecule is CCc1ccc(Nc2c(NS(=O)C3CC3c3cccc(F)c3)c3occc3c(=O)n2C)c(F)c1. The molecule has 0 bridgehead atoms. The second-order valence-corrected chi connectivity index (χ2v) is 9.78. The molecule has 0 saturated heterocycles. The highest BCUT2D eigenvalue weighted by molar-refractivity contribution is 7.87. The zero-order valence-corrected chi connectivity index (χ0v) is 19.4. The summed E-state index contributed by atoms with van der Waals surface area (Å²) in [6.45, 7) is 1.93. The minimum Gasteiger partial charge on any atom is -0.462 e. The van der Waals surface area contributed by atoms with Crippen LogP contribution < -0.4 is 15.6 Å². The number of aromatic nitrogens is 1. The average molecular weight is 484 g/mol. The van der Waals surface area contributed by atoms with Gasteiger partial charge in [-0.25, -0.2) is 13.0 Å². The Morgan fingerprint density at radius 2 is 2.00 bits per heavy atom. The molecule has 2 N–H and O–H groups in total. The molecule has 1 saturated carbocycles. The highest BCUT2D eigenvalue weighted by Gasteiger charge is 2.44. The molecule has 9 heteroatoms. The van der Waals surface area contributed by atoms with Crippen LogP contribution in [0.2, 0.25) is 0 Å². The Hall–Kier alpha value is -3.46. The van der Waals surface area contributed by atoms with Gasteiger partial charge in [0.2, 0.25) is 0 Å². The van der Waals surface area contributed by atoms with Gasteiger partial charge in [-0.2, -0.15) is 0 Å². The summed E-state index contributed by atoms with van der Waals surface area (Å²) in [6.07, 6.45) is 2.70. The molecule has 6 nitrogen and oxygen atoms in total. The number of hydrogen-bond acceptors (Lipinski definition) is 4. The summed E-state index contributed by atoms with van der Waals surface area (Å²) in [7, 11) is -0.0123. The first-order valence-electron chi connectivity index (χ1n) is 11.0. The summed E-state index contributed by atoms with van der Waals surface area (Å²) >= 11 is 0. The molecule has 2 aromatic heterocycles. The fourth-order valence-corrected chi connectivity index (χ4v) is 5.53. The Morgan fingerprint density at radius 3 is 2.74 bits per heavy atom. The van der Waals surface area contributed by atoms with E-state index in [1.807, 2.05) is 13.0 Å². The third kappa shape index (κ3) is 4.00. The summed E-state index contributed by atoms with van der Waals surface area (Å²) < 4.78 is 51.5. The molecule has 1 aliphatic carbocycles. The van der Waals surface area contributed by atoms with Gasteiger partial charge in [-0.15, -0.1) is 0 Å². The Balaban J connectivity index is 1.50. The van der Waals surface area contributed by atoms with E-state index < -0.39 is 16.8 Å². The lowest BCUT2D eigenvalue weighted by Gasteiger charge is -2.18. The molecule has 34 heavy (non-hydrogen) atoms. The Kier molecular flexibility index (Phi) is 5.73. The van der Waals surface area contributed by atoms with Crippen molar-refractivity contribution in [3.05, 3.63) is 87.9 Å². The predicted octanol–water partition coefficient (Wildman–Crippen LogP) is 5.35. The van der Waals surface area contributed by atoms with E-state index >= 15 is 0 Å². The number of aryl methyl sites for hydroxylation is 1. The van der Waals surface area contributed by atoms with Crippen molar-refractivity contribution in [3.8, 4) is 0 Å². The second-order valence-electron chi connectivity index (χ2n) is 8.38. The number of furan rings is 1. The van der Waals surface area contributed by atoms with Crippen molar-refractivity contribution in [2.75, 3.05) is 10.0 Å². The van der Waals surface area contributed by atoms with Crippen LogP contribution in [0.15, 0.2) is 64.0 Å². The van der Waals surface area contributed by atoms with Crippen molar-refractivity contribution < 1.29 is 17.4 Å². The molecular weight excluding hydrogens is 460 g/mol. The lowest BCUT2D eigenvalue weighted by molar-refractivity contribution is 0.615. The van der Waals surface area contributed by atoms with Gasteiger partial charge in [-0.3, -0.25) is 14.1 Å². The van der Waals surface area contributed by atoms with Gasteiger partial charge in [0, 0.05) is 13.0 Å². The predicted molar refractivity (Wildman–Crippen MR) is 130 cm³/mol. The molecule has 0 spiro atoms. The number of hydrogen-bond donors (Lipinski definition) is 2. The maximum atomic E-state index is 14.7. The number of nitrogens with zero attached hydrogens (tertiary/aromatic N) is 1. The minimum absolute atomic E-state index is 0.0425. The Morgan fingerprint density at radius 1 is 1.18 bits per heavy atom. The maximum absolute atomic E-state index is 14.7. The topological polar surface area (TPSA) is 76.3 Å². The smallest absolute Gasteiger partial charge is 0.263 e. The summed E-state index contributed by atoms with van der Waals surface area (Å²) in [5, 5.41) is 3.05. The van der Waals surface area contributed by atoms with Crippen molar-refractivity contribution in [1.29, 1.82) is 0 Å². The van der Waals surface area contributed by atoms with Crippen molar-refractivity contribution in [2.45, 2.75) is 30.9 Å². The molecule has 2 aromatic carbocycles. The molecule has 3 unspecified atom stereocenters. The zero-order chi connectivity index (χ0) is 24.0. The quantitative estimate of drug-likeness (QED) is 0.372. The van der Waals surface area contributed by atoms with Crippen LogP contribution in [0.1, 0.15) is 30.4 Å². The Bertz CT molecular complexity index is 1480. The van der Waals surface area contributed by atoms with E-state index in [9.17, 15) is 17.8 Å². The minimum atomic E-state index is -1.56. The first kappa shape index (κ1) is 22.3. The van der Waals surface area contributed by atoms with E-state index in [2.05, 4.69) is 10.0 Å². The van der Waals surface area contributed by atoms with Gasteiger partial charge in [0.25, 0.3) is 5.56 Å². The van der Waals surface area contributed by atoms with E-state index in [-0.39, 0.29) is 39.6 Å². The fourth-order valence-electron chi connectivity index (χ4n) is 4.15. The monoisotopic (exact) mass is 483 g/mol. The number of benzene rings is 2. The summed E-state index contributed by atoms with van der Waals surface area (Å²) in [6, 6.07) is 12.7. The lowest BCUT2D eigenvalue weighted by atomic mass is 10.1. The van der Waals surface area contributed by atoms with Crippen LogP contribution in [0, 0.1) is 11.6 Å². The number of nitrogens with one attached hydrogen (secondary N) is 2. The molecule has 4 aromatic rings. The van der Waals surface area contributed by atoms with E-state index in [4.69, 9.17) is 4.42 Å². The van der Waals surface area contributed by atoms with E-state index in [0.717, 1.165) is 11.1 Å². The van der Waals surface area contributed by atoms with Crippen LogP contribution in [-0.4, -0.2) is 14.0 Å². The maximum Gasteiger partial charge on any atom is 0.263 e. The molecule has 0 aliphatic heterocycles. The van der Waals surface area contributed by atoms with Crippen LogP contribution >= 0.6 is 0 Å². The summed E-state index contributed by atoms with van der Waals surface area (Å²) in [5.41, 5.74) is 2.00. The number of rotatable bonds is 7. The van der Waals surface area contributed by atoms with Gasteiger partial charge in [-0.05, 0) is 54.3 Å². The molecular formula is C25H23F2N3O3S. The number of halogens is 2. The highest BCUT2D eigenvalue weighted by atomic mass is 32.2. The standard InChI is InChI=1S/C25H23F2N3O3S/c1-3-14-7-8-20(19(27)11-14)28-24-22(23-17(9-10-33-23)25(31)30(24)2)29-34(32)21-13-18(21)15-5-4-6-16(26)12-15/h4-12,18,21,28-29H,3,13H2,1-2H3. The molecule has 5 rings (SSSR count). The molecule has 2 heterocycles. The lowest BCUT2D eigenvalue weighted by Crippen LogP contribution is -2.22. The normalized spacial score (nSPS) is 18.1. The van der Waals surface area contributed by atoms with Gasteiger partial charge in [0.15, 0.2) is 5.58 Å². The van der Waals surface area contributed by atoms with E-state index in [1.54, 1.807) is 31.3 Å². The number of anilines is 3. The van der Waals surface area contributed by atoms with Crippen LogP contribution in [0.4, 0.5) is 26.0 Å². The number of fused-ring (bicyclic) bond motifs is 1. The molecule has 176 valence electrons.